The highest BCUT2D eigenvalue weighted by molar-refractivity contribution is 6.06. The lowest BCUT2D eigenvalue weighted by Gasteiger charge is -2.63. The van der Waals surface area contributed by atoms with Crippen LogP contribution in [0.3, 0.4) is 0 Å². The Hall–Kier alpha value is -6.06. The van der Waals surface area contributed by atoms with Gasteiger partial charge in [-0.3, -0.25) is 0 Å². The normalized spacial score (nSPS) is 24.0. The summed E-state index contributed by atoms with van der Waals surface area (Å²) in [5.41, 5.74) is 15.7. The van der Waals surface area contributed by atoms with Crippen molar-refractivity contribution in [2.45, 2.75) is 56.8 Å². The summed E-state index contributed by atoms with van der Waals surface area (Å²) >= 11 is 0. The Morgan fingerprint density at radius 2 is 1.09 bits per heavy atom. The van der Waals surface area contributed by atoms with Crippen LogP contribution in [-0.4, -0.2) is 0 Å². The number of anilines is 3. The molecule has 6 aliphatic rings. The predicted molar refractivity (Wildman–Crippen MR) is 236 cm³/mol. The van der Waals surface area contributed by atoms with Crippen molar-refractivity contribution in [3.8, 4) is 33.8 Å². The first kappa shape index (κ1) is 33.0. The van der Waals surface area contributed by atoms with Gasteiger partial charge in [0, 0.05) is 55.9 Å². The van der Waals surface area contributed by atoms with E-state index in [0.29, 0.717) is 11.8 Å². The molecular weight excluding hydrogens is 707 g/mol. The molecule has 14 rings (SSSR count). The van der Waals surface area contributed by atoms with E-state index < -0.39 is 0 Å². The van der Waals surface area contributed by atoms with Gasteiger partial charge < -0.3 is 14.1 Å². The van der Waals surface area contributed by atoms with Crippen molar-refractivity contribution in [1.82, 2.24) is 0 Å². The highest BCUT2D eigenvalue weighted by atomic mass is 16.5. The molecule has 0 amide bonds. The van der Waals surface area contributed by atoms with E-state index in [1.165, 1.54) is 65.5 Å². The fraction of sp³-hybridized carbons (Fsp3) is 0.236. The van der Waals surface area contributed by atoms with Gasteiger partial charge in [0.25, 0.3) is 0 Å². The smallest absolute Gasteiger partial charge is 0.136 e. The standard InChI is InChI=1S/C55H45NO2/c1-54(2)46-11-5-3-9-42(46)43-23-20-40(31-49(43)54)56(39-18-15-35(16-19-39)36-17-22-45-44-10-4-7-13-50(44)57-52(45)30-36)41-21-24-48-53(32-41)58-51-14-8-6-12-47(51)55(48)37-26-33-25-34(28-37)29-38(55)27-33/h3-24,30-34,37-38H,25-29H2,1-2H3. The zero-order valence-corrected chi connectivity index (χ0v) is 33.0. The van der Waals surface area contributed by atoms with E-state index in [1.807, 2.05) is 12.1 Å². The van der Waals surface area contributed by atoms with Crippen LogP contribution >= 0.6 is 0 Å². The van der Waals surface area contributed by atoms with Crippen LogP contribution < -0.4 is 9.64 Å². The van der Waals surface area contributed by atoms with Crippen LogP contribution in [0.1, 0.15) is 68.2 Å². The molecule has 0 unspecified atom stereocenters. The van der Waals surface area contributed by atoms with Crippen LogP contribution in [0, 0.1) is 23.7 Å². The monoisotopic (exact) mass is 751 g/mol. The van der Waals surface area contributed by atoms with Crippen molar-refractivity contribution in [2.24, 2.45) is 23.7 Å². The van der Waals surface area contributed by atoms with E-state index in [4.69, 9.17) is 9.15 Å². The van der Waals surface area contributed by atoms with Crippen molar-refractivity contribution < 1.29 is 9.15 Å². The minimum absolute atomic E-state index is 0.0208. The predicted octanol–water partition coefficient (Wildman–Crippen LogP) is 14.9. The summed E-state index contributed by atoms with van der Waals surface area (Å²) < 4.78 is 13.3. The number of hydrogen-bond donors (Lipinski definition) is 0. The minimum Gasteiger partial charge on any atom is -0.457 e. The summed E-state index contributed by atoms with van der Waals surface area (Å²) in [5.74, 6) is 5.19. The Balaban J connectivity index is 0.956. The summed E-state index contributed by atoms with van der Waals surface area (Å²) in [7, 11) is 0. The van der Waals surface area contributed by atoms with Gasteiger partial charge in [-0.15, -0.1) is 0 Å². The first-order valence-corrected chi connectivity index (χ1v) is 21.4. The van der Waals surface area contributed by atoms with Crippen molar-refractivity contribution in [2.75, 3.05) is 4.90 Å². The molecule has 2 heterocycles. The molecule has 1 spiro atoms. The Bertz CT molecular complexity index is 2960. The van der Waals surface area contributed by atoms with Crippen LogP contribution in [0.15, 0.2) is 156 Å². The van der Waals surface area contributed by atoms with Gasteiger partial charge >= 0.3 is 0 Å². The molecule has 4 saturated carbocycles. The molecule has 4 fully saturated rings. The van der Waals surface area contributed by atoms with Crippen molar-refractivity contribution in [1.29, 1.82) is 0 Å². The first-order valence-electron chi connectivity index (χ1n) is 21.4. The Morgan fingerprint density at radius 3 is 1.91 bits per heavy atom. The van der Waals surface area contributed by atoms with Gasteiger partial charge in [-0.2, -0.15) is 0 Å². The second-order valence-electron chi connectivity index (χ2n) is 18.5. The molecule has 8 aromatic rings. The molecule has 0 atom stereocenters. The minimum atomic E-state index is -0.110. The quantitative estimate of drug-likeness (QED) is 0.179. The van der Waals surface area contributed by atoms with Gasteiger partial charge in [0.15, 0.2) is 0 Å². The topological polar surface area (TPSA) is 25.6 Å². The number of para-hydroxylation sites is 2. The Morgan fingerprint density at radius 1 is 0.466 bits per heavy atom. The molecule has 282 valence electrons. The molecule has 0 N–H and O–H groups in total. The van der Waals surface area contributed by atoms with Crippen LogP contribution in [0.4, 0.5) is 17.1 Å². The van der Waals surface area contributed by atoms with E-state index in [0.717, 1.165) is 73.5 Å². The third-order valence-corrected chi connectivity index (χ3v) is 15.3. The molecule has 3 heteroatoms. The van der Waals surface area contributed by atoms with Gasteiger partial charge in [-0.05, 0) is 144 Å². The lowest BCUT2D eigenvalue weighted by atomic mass is 9.42. The molecule has 7 aromatic carbocycles. The number of benzene rings is 7. The SMILES string of the molecule is CC1(C)c2ccccc2-c2ccc(N(c3ccc(-c4ccc5c(c4)oc4ccccc45)cc3)c3ccc4c(c3)Oc3ccccc3C43C4CC5CC(C4)CC3C5)cc21. The molecule has 3 nitrogen and oxygen atoms in total. The van der Waals surface area contributed by atoms with E-state index in [-0.39, 0.29) is 10.8 Å². The second-order valence-corrected chi connectivity index (χ2v) is 18.5. The Labute approximate surface area is 339 Å². The molecule has 4 bridgehead atoms. The molecule has 58 heavy (non-hydrogen) atoms. The second kappa shape index (κ2) is 11.8. The summed E-state index contributed by atoms with van der Waals surface area (Å²) in [6, 6.07) is 56.2. The number of fused-ring (bicyclic) bond motifs is 8. The zero-order chi connectivity index (χ0) is 38.3. The van der Waals surface area contributed by atoms with Crippen LogP contribution in [0.25, 0.3) is 44.2 Å². The first-order chi connectivity index (χ1) is 28.4. The maximum absolute atomic E-state index is 7.02. The van der Waals surface area contributed by atoms with E-state index in [1.54, 1.807) is 0 Å². The maximum Gasteiger partial charge on any atom is 0.136 e. The Kier molecular flexibility index (Phi) is 6.68. The third kappa shape index (κ3) is 4.45. The third-order valence-electron chi connectivity index (χ3n) is 15.3. The van der Waals surface area contributed by atoms with Gasteiger partial charge in [0.2, 0.25) is 0 Å². The molecule has 1 aliphatic heterocycles. The van der Waals surface area contributed by atoms with E-state index in [2.05, 4.69) is 158 Å². The largest absolute Gasteiger partial charge is 0.457 e. The lowest BCUT2D eigenvalue weighted by Crippen LogP contribution is -2.56. The lowest BCUT2D eigenvalue weighted by molar-refractivity contribution is -0.0452. The number of furan rings is 1. The van der Waals surface area contributed by atoms with Crippen molar-refractivity contribution in [3.05, 3.63) is 174 Å². The highest BCUT2D eigenvalue weighted by Gasteiger charge is 2.61. The number of hydrogen-bond acceptors (Lipinski definition) is 3. The highest BCUT2D eigenvalue weighted by Crippen LogP contribution is 2.69. The van der Waals surface area contributed by atoms with Crippen LogP contribution in [0.2, 0.25) is 0 Å². The molecule has 0 radical (unpaired) electrons. The summed E-state index contributed by atoms with van der Waals surface area (Å²) in [6.07, 6.45) is 6.82. The van der Waals surface area contributed by atoms with Gasteiger partial charge in [0.1, 0.15) is 22.7 Å². The van der Waals surface area contributed by atoms with E-state index in [9.17, 15) is 0 Å². The van der Waals surface area contributed by atoms with Gasteiger partial charge in [-0.25, -0.2) is 0 Å². The number of ether oxygens (including phenoxy) is 1. The average Bonchev–Trinajstić information content (AvgIpc) is 3.73. The number of nitrogens with zero attached hydrogens (tertiary/aromatic N) is 1. The van der Waals surface area contributed by atoms with Gasteiger partial charge in [0.05, 0.1) is 0 Å². The summed E-state index contributed by atoms with van der Waals surface area (Å²) in [5, 5.41) is 2.30. The zero-order valence-electron chi connectivity index (χ0n) is 33.0. The maximum atomic E-state index is 7.02. The van der Waals surface area contributed by atoms with Crippen molar-refractivity contribution >= 4 is 39.0 Å². The fourth-order valence-electron chi connectivity index (χ4n) is 13.0. The van der Waals surface area contributed by atoms with Crippen LogP contribution in [0.5, 0.6) is 11.5 Å². The molecule has 1 aromatic heterocycles. The van der Waals surface area contributed by atoms with E-state index >= 15 is 0 Å². The molecular formula is C55H45NO2. The average molecular weight is 752 g/mol. The summed E-state index contributed by atoms with van der Waals surface area (Å²) in [6.45, 7) is 4.74. The van der Waals surface area contributed by atoms with Crippen molar-refractivity contribution in [3.63, 3.8) is 0 Å². The van der Waals surface area contributed by atoms with Gasteiger partial charge in [-0.1, -0.05) is 105 Å². The van der Waals surface area contributed by atoms with Crippen LogP contribution in [-0.2, 0) is 10.8 Å². The fourth-order valence-corrected chi connectivity index (χ4v) is 13.0. The number of rotatable bonds is 4. The molecule has 0 saturated heterocycles. The molecule has 5 aliphatic carbocycles. The summed E-state index contributed by atoms with van der Waals surface area (Å²) in [4.78, 5) is 2.44.